The molecule has 0 aliphatic heterocycles. The second-order valence-electron chi connectivity index (χ2n) is 3.16. The van der Waals surface area contributed by atoms with E-state index in [0.717, 1.165) is 18.7 Å². The van der Waals surface area contributed by atoms with Crippen LogP contribution in [0.25, 0.3) is 0 Å². The van der Waals surface area contributed by atoms with Gasteiger partial charge in [-0.1, -0.05) is 13.3 Å². The minimum absolute atomic E-state index is 0.418. The molecule has 0 fully saturated rings. The summed E-state index contributed by atoms with van der Waals surface area (Å²) in [7, 11) is 0. The summed E-state index contributed by atoms with van der Waals surface area (Å²) in [5.74, 6) is 1.20. The van der Waals surface area contributed by atoms with Gasteiger partial charge in [0.05, 0.1) is 12.4 Å². The molecule has 1 atom stereocenters. The van der Waals surface area contributed by atoms with E-state index in [1.807, 2.05) is 0 Å². The lowest BCUT2D eigenvalue weighted by Crippen LogP contribution is -2.15. The van der Waals surface area contributed by atoms with Crippen LogP contribution in [0.1, 0.15) is 26.7 Å². The van der Waals surface area contributed by atoms with Crippen molar-refractivity contribution >= 4 is 11.6 Å². The van der Waals surface area contributed by atoms with Crippen molar-refractivity contribution in [3.05, 3.63) is 12.4 Å². The van der Waals surface area contributed by atoms with Crippen LogP contribution >= 0.6 is 0 Å². The molecule has 0 spiro atoms. The average molecular weight is 180 g/mol. The molecule has 1 unspecified atom stereocenters. The molecular weight excluding hydrogens is 164 g/mol. The molecule has 0 bridgehead atoms. The fourth-order valence-electron chi connectivity index (χ4n) is 1.21. The van der Waals surface area contributed by atoms with Crippen molar-refractivity contribution in [3.63, 3.8) is 0 Å². The van der Waals surface area contributed by atoms with Gasteiger partial charge in [0.15, 0.2) is 0 Å². The van der Waals surface area contributed by atoms with Gasteiger partial charge in [-0.15, -0.1) is 0 Å². The van der Waals surface area contributed by atoms with E-state index in [-0.39, 0.29) is 0 Å². The summed E-state index contributed by atoms with van der Waals surface area (Å²) in [6.45, 7) is 4.28. The van der Waals surface area contributed by atoms with E-state index in [1.165, 1.54) is 6.20 Å². The summed E-state index contributed by atoms with van der Waals surface area (Å²) in [5, 5.41) is 3.23. The van der Waals surface area contributed by atoms with E-state index >= 15 is 0 Å². The fraction of sp³-hybridized carbons (Fsp3) is 0.556. The molecular formula is C9H16N4. The first-order chi connectivity index (χ1) is 6.22. The van der Waals surface area contributed by atoms with Crippen LogP contribution in [0.4, 0.5) is 11.6 Å². The Morgan fingerprint density at radius 3 is 2.92 bits per heavy atom. The van der Waals surface area contributed by atoms with Crippen molar-refractivity contribution in [2.45, 2.75) is 32.7 Å². The second kappa shape index (κ2) is 4.64. The van der Waals surface area contributed by atoms with Crippen molar-refractivity contribution < 1.29 is 0 Å². The van der Waals surface area contributed by atoms with E-state index in [4.69, 9.17) is 5.73 Å². The van der Waals surface area contributed by atoms with Crippen LogP contribution in [0.2, 0.25) is 0 Å². The maximum Gasteiger partial charge on any atom is 0.147 e. The van der Waals surface area contributed by atoms with Gasteiger partial charge < -0.3 is 11.1 Å². The van der Waals surface area contributed by atoms with Gasteiger partial charge in [0, 0.05) is 6.04 Å². The smallest absolute Gasteiger partial charge is 0.147 e. The quantitative estimate of drug-likeness (QED) is 0.739. The zero-order valence-electron chi connectivity index (χ0n) is 8.12. The van der Waals surface area contributed by atoms with E-state index in [0.29, 0.717) is 11.9 Å². The molecule has 1 heterocycles. The molecule has 1 rings (SSSR count). The third-order valence-electron chi connectivity index (χ3n) is 1.77. The molecule has 72 valence electrons. The van der Waals surface area contributed by atoms with E-state index in [2.05, 4.69) is 29.1 Å². The molecule has 3 N–H and O–H groups in total. The molecule has 0 saturated heterocycles. The maximum absolute atomic E-state index is 5.49. The number of nitrogen functional groups attached to an aromatic ring is 1. The van der Waals surface area contributed by atoms with Gasteiger partial charge in [-0.25, -0.2) is 4.98 Å². The fourth-order valence-corrected chi connectivity index (χ4v) is 1.21. The number of anilines is 2. The summed E-state index contributed by atoms with van der Waals surface area (Å²) in [4.78, 5) is 8.05. The van der Waals surface area contributed by atoms with Gasteiger partial charge in [0.2, 0.25) is 0 Å². The van der Waals surface area contributed by atoms with E-state index in [1.54, 1.807) is 6.20 Å². The lowest BCUT2D eigenvalue weighted by atomic mass is 10.2. The van der Waals surface area contributed by atoms with Gasteiger partial charge in [-0.2, -0.15) is 0 Å². The van der Waals surface area contributed by atoms with Crippen molar-refractivity contribution in [2.75, 3.05) is 11.1 Å². The van der Waals surface area contributed by atoms with Crippen LogP contribution in [0.5, 0.6) is 0 Å². The van der Waals surface area contributed by atoms with Gasteiger partial charge in [0.1, 0.15) is 11.6 Å². The summed E-state index contributed by atoms with van der Waals surface area (Å²) in [6.07, 6.45) is 5.50. The molecule has 4 nitrogen and oxygen atoms in total. The lowest BCUT2D eigenvalue weighted by Gasteiger charge is -2.12. The van der Waals surface area contributed by atoms with Gasteiger partial charge in [-0.3, -0.25) is 4.98 Å². The second-order valence-corrected chi connectivity index (χ2v) is 3.16. The molecule has 0 saturated carbocycles. The summed E-state index contributed by atoms with van der Waals surface area (Å²) >= 11 is 0. The van der Waals surface area contributed by atoms with Crippen molar-refractivity contribution in [1.82, 2.24) is 9.97 Å². The highest BCUT2D eigenvalue weighted by Gasteiger charge is 2.01. The van der Waals surface area contributed by atoms with Crippen molar-refractivity contribution in [1.29, 1.82) is 0 Å². The maximum atomic E-state index is 5.49. The zero-order chi connectivity index (χ0) is 9.68. The van der Waals surface area contributed by atoms with Gasteiger partial charge >= 0.3 is 0 Å². The molecule has 1 aromatic heterocycles. The Balaban J connectivity index is 2.53. The van der Waals surface area contributed by atoms with Gasteiger partial charge in [-0.05, 0) is 13.3 Å². The van der Waals surface area contributed by atoms with Crippen LogP contribution in [0.15, 0.2) is 12.4 Å². The first-order valence-corrected chi connectivity index (χ1v) is 4.56. The predicted molar refractivity (Wildman–Crippen MR) is 54.4 cm³/mol. The summed E-state index contributed by atoms with van der Waals surface area (Å²) < 4.78 is 0. The molecule has 0 amide bonds. The number of nitrogens with one attached hydrogen (secondary N) is 1. The van der Waals surface area contributed by atoms with E-state index in [9.17, 15) is 0 Å². The number of aromatic nitrogens is 2. The minimum Gasteiger partial charge on any atom is -0.382 e. The van der Waals surface area contributed by atoms with Crippen molar-refractivity contribution in [2.24, 2.45) is 0 Å². The molecule has 0 aromatic carbocycles. The highest BCUT2D eigenvalue weighted by Crippen LogP contribution is 2.07. The minimum atomic E-state index is 0.418. The van der Waals surface area contributed by atoms with Crippen LogP contribution < -0.4 is 11.1 Å². The molecule has 13 heavy (non-hydrogen) atoms. The first-order valence-electron chi connectivity index (χ1n) is 4.56. The predicted octanol–water partition coefficient (Wildman–Crippen LogP) is 1.66. The number of rotatable bonds is 4. The third kappa shape index (κ3) is 3.27. The third-order valence-corrected chi connectivity index (χ3v) is 1.77. The van der Waals surface area contributed by atoms with Crippen molar-refractivity contribution in [3.8, 4) is 0 Å². The highest BCUT2D eigenvalue weighted by atomic mass is 15.1. The topological polar surface area (TPSA) is 63.8 Å². The zero-order valence-corrected chi connectivity index (χ0v) is 8.12. The summed E-state index contributed by atoms with van der Waals surface area (Å²) in [6, 6.07) is 0.418. The Labute approximate surface area is 78.6 Å². The largest absolute Gasteiger partial charge is 0.382 e. The Morgan fingerprint density at radius 1 is 1.54 bits per heavy atom. The van der Waals surface area contributed by atoms with Gasteiger partial charge in [0.25, 0.3) is 0 Å². The first kappa shape index (κ1) is 9.77. The molecule has 4 heteroatoms. The molecule has 0 radical (unpaired) electrons. The molecule has 1 aromatic rings. The SMILES string of the molecule is CCCC(C)Nc1cncc(N)n1. The number of nitrogens with two attached hydrogens (primary N) is 1. The standard InChI is InChI=1S/C9H16N4/c1-3-4-7(2)12-9-6-11-5-8(10)13-9/h5-7H,3-4H2,1-2H3,(H3,10,12,13). The Bertz CT molecular complexity index is 262. The normalized spacial score (nSPS) is 12.5. The molecule has 0 aliphatic carbocycles. The Morgan fingerprint density at radius 2 is 2.31 bits per heavy atom. The Kier molecular flexibility index (Phi) is 3.49. The monoisotopic (exact) mass is 180 g/mol. The van der Waals surface area contributed by atoms with Crippen LogP contribution in [-0.4, -0.2) is 16.0 Å². The molecule has 0 aliphatic rings. The van der Waals surface area contributed by atoms with E-state index < -0.39 is 0 Å². The lowest BCUT2D eigenvalue weighted by molar-refractivity contribution is 0.687. The Hall–Kier alpha value is -1.32. The number of hydrogen-bond acceptors (Lipinski definition) is 4. The summed E-state index contributed by atoms with van der Waals surface area (Å²) in [5.41, 5.74) is 5.49. The number of hydrogen-bond donors (Lipinski definition) is 2. The number of nitrogens with zero attached hydrogens (tertiary/aromatic N) is 2. The average Bonchev–Trinajstić information content (AvgIpc) is 2.04. The van der Waals surface area contributed by atoms with Crippen LogP contribution in [0, 0.1) is 0 Å². The van der Waals surface area contributed by atoms with Crippen LogP contribution in [0.3, 0.4) is 0 Å². The van der Waals surface area contributed by atoms with Crippen LogP contribution in [-0.2, 0) is 0 Å². The highest BCUT2D eigenvalue weighted by molar-refractivity contribution is 5.38.